The first-order valence-corrected chi connectivity index (χ1v) is 6.49. The van der Waals surface area contributed by atoms with E-state index in [1.807, 2.05) is 41.5 Å². The molecule has 90 valence electrons. The van der Waals surface area contributed by atoms with Crippen LogP contribution in [0.15, 0.2) is 0 Å². The van der Waals surface area contributed by atoms with Crippen molar-refractivity contribution in [1.29, 1.82) is 0 Å². The maximum absolute atomic E-state index is 10.5. The quantitative estimate of drug-likeness (QED) is 0.674. The highest BCUT2D eigenvalue weighted by molar-refractivity contribution is 8.00. The van der Waals surface area contributed by atoms with E-state index in [0.29, 0.717) is 12.2 Å². The fourth-order valence-electron chi connectivity index (χ4n) is 1.70. The van der Waals surface area contributed by atoms with Gasteiger partial charge in [0.15, 0.2) is 0 Å². The lowest BCUT2D eigenvalue weighted by Gasteiger charge is -2.41. The van der Waals surface area contributed by atoms with E-state index in [4.69, 9.17) is 0 Å². The van der Waals surface area contributed by atoms with Crippen molar-refractivity contribution < 1.29 is 10.2 Å². The van der Waals surface area contributed by atoms with Gasteiger partial charge in [0.1, 0.15) is 4.93 Å². The average molecular weight is 232 g/mol. The van der Waals surface area contributed by atoms with Crippen LogP contribution in [0.1, 0.15) is 48.0 Å². The van der Waals surface area contributed by atoms with E-state index in [1.165, 1.54) is 11.8 Å². The number of thioether (sulfide) groups is 1. The molecule has 2 unspecified atom stereocenters. The number of aliphatic hydroxyl groups is 2. The highest BCUT2D eigenvalue weighted by Crippen LogP contribution is 2.56. The van der Waals surface area contributed by atoms with Crippen molar-refractivity contribution in [3.63, 3.8) is 0 Å². The molecule has 2 N–H and O–H groups in total. The minimum atomic E-state index is -0.810. The molecule has 2 nitrogen and oxygen atoms in total. The van der Waals surface area contributed by atoms with Crippen molar-refractivity contribution in [2.24, 2.45) is 10.8 Å². The molecule has 1 heterocycles. The van der Waals surface area contributed by atoms with Crippen LogP contribution in [0.2, 0.25) is 0 Å². The second-order valence-electron chi connectivity index (χ2n) is 6.78. The lowest BCUT2D eigenvalue weighted by atomic mass is 9.71. The smallest absolute Gasteiger partial charge is 0.118 e. The van der Waals surface area contributed by atoms with Gasteiger partial charge in [-0.2, -0.15) is 0 Å². The Morgan fingerprint density at radius 2 is 1.40 bits per heavy atom. The van der Waals surface area contributed by atoms with Gasteiger partial charge in [-0.15, -0.1) is 11.8 Å². The van der Waals surface area contributed by atoms with E-state index < -0.39 is 10.5 Å². The molecular formula is C12H24O2S. The topological polar surface area (TPSA) is 40.5 Å². The molecule has 0 aromatic carbocycles. The van der Waals surface area contributed by atoms with E-state index >= 15 is 0 Å². The van der Waals surface area contributed by atoms with Gasteiger partial charge in [-0.05, 0) is 5.41 Å². The maximum atomic E-state index is 10.5. The second-order valence-corrected chi connectivity index (χ2v) is 8.03. The summed E-state index contributed by atoms with van der Waals surface area (Å²) in [4.78, 5) is -0.810. The fourth-order valence-corrected chi connectivity index (χ4v) is 3.49. The first-order chi connectivity index (χ1) is 6.41. The molecule has 0 aromatic heterocycles. The van der Waals surface area contributed by atoms with E-state index in [0.717, 1.165) is 0 Å². The maximum Gasteiger partial charge on any atom is 0.118 e. The molecular weight excluding hydrogens is 208 g/mol. The van der Waals surface area contributed by atoms with Crippen molar-refractivity contribution in [2.45, 2.75) is 58.5 Å². The van der Waals surface area contributed by atoms with Crippen LogP contribution in [0.25, 0.3) is 0 Å². The molecule has 0 radical (unpaired) electrons. The molecule has 1 rings (SSSR count). The molecule has 15 heavy (non-hydrogen) atoms. The third-order valence-electron chi connectivity index (χ3n) is 3.65. The monoisotopic (exact) mass is 232 g/mol. The second kappa shape index (κ2) is 3.38. The zero-order valence-corrected chi connectivity index (χ0v) is 11.5. The normalized spacial score (nSPS) is 38.4. The summed E-state index contributed by atoms with van der Waals surface area (Å²) < 4.78 is 0. The largest absolute Gasteiger partial charge is 0.388 e. The van der Waals surface area contributed by atoms with Gasteiger partial charge >= 0.3 is 0 Å². The first kappa shape index (κ1) is 13.3. The van der Waals surface area contributed by atoms with Crippen molar-refractivity contribution in [3.05, 3.63) is 0 Å². The number of hydrogen-bond acceptors (Lipinski definition) is 3. The molecule has 0 bridgehead atoms. The van der Waals surface area contributed by atoms with Crippen molar-refractivity contribution >= 4 is 11.8 Å². The highest BCUT2D eigenvalue weighted by Gasteiger charge is 2.57. The predicted molar refractivity (Wildman–Crippen MR) is 65.9 cm³/mol. The summed E-state index contributed by atoms with van der Waals surface area (Å²) >= 11 is 1.49. The molecule has 1 fully saturated rings. The summed E-state index contributed by atoms with van der Waals surface area (Å²) in [6.45, 7) is 12.2. The Labute approximate surface area is 97.5 Å². The first-order valence-electron chi connectivity index (χ1n) is 5.50. The molecule has 0 spiro atoms. The van der Waals surface area contributed by atoms with Crippen LogP contribution in [0.3, 0.4) is 0 Å². The third-order valence-corrected chi connectivity index (χ3v) is 5.51. The van der Waals surface area contributed by atoms with E-state index in [1.54, 1.807) is 0 Å². The standard InChI is InChI=1S/C12H24O2S/c1-9(2,3)11(13)7-12(14,15-8-11)10(4,5)6/h13-14H,7-8H2,1-6H3. The molecule has 1 aliphatic rings. The van der Waals surface area contributed by atoms with Gasteiger partial charge < -0.3 is 10.2 Å². The zero-order valence-electron chi connectivity index (χ0n) is 10.7. The van der Waals surface area contributed by atoms with Crippen LogP contribution in [0.5, 0.6) is 0 Å². The van der Waals surface area contributed by atoms with E-state index in [9.17, 15) is 10.2 Å². The molecule has 0 saturated carbocycles. The van der Waals surface area contributed by atoms with Crippen molar-refractivity contribution in [1.82, 2.24) is 0 Å². The van der Waals surface area contributed by atoms with Gasteiger partial charge in [0.25, 0.3) is 0 Å². The van der Waals surface area contributed by atoms with Crippen LogP contribution in [0.4, 0.5) is 0 Å². The lowest BCUT2D eigenvalue weighted by molar-refractivity contribution is -0.0889. The third kappa shape index (κ3) is 2.20. The van der Waals surface area contributed by atoms with Crippen LogP contribution >= 0.6 is 11.8 Å². The van der Waals surface area contributed by atoms with Crippen molar-refractivity contribution in [2.75, 3.05) is 5.75 Å². The lowest BCUT2D eigenvalue weighted by Crippen LogP contribution is -2.47. The number of rotatable bonds is 0. The fraction of sp³-hybridized carbons (Fsp3) is 1.00. The summed E-state index contributed by atoms with van der Waals surface area (Å²) in [6.07, 6.45) is 0.456. The van der Waals surface area contributed by atoms with Gasteiger partial charge in [-0.25, -0.2) is 0 Å². The van der Waals surface area contributed by atoms with Gasteiger partial charge in [-0.1, -0.05) is 41.5 Å². The molecule has 0 aromatic rings. The Morgan fingerprint density at radius 3 is 1.60 bits per heavy atom. The molecule has 3 heteroatoms. The van der Waals surface area contributed by atoms with E-state index in [2.05, 4.69) is 0 Å². The predicted octanol–water partition coefficient (Wildman–Crippen LogP) is 2.64. The Morgan fingerprint density at radius 1 is 0.933 bits per heavy atom. The minimum Gasteiger partial charge on any atom is -0.388 e. The van der Waals surface area contributed by atoms with Gasteiger partial charge in [0.2, 0.25) is 0 Å². The summed E-state index contributed by atoms with van der Waals surface area (Å²) in [5, 5.41) is 21.1. The summed E-state index contributed by atoms with van der Waals surface area (Å²) in [6, 6.07) is 0. The van der Waals surface area contributed by atoms with Crippen LogP contribution < -0.4 is 0 Å². The Balaban J connectivity index is 2.93. The molecule has 1 saturated heterocycles. The van der Waals surface area contributed by atoms with Crippen LogP contribution in [-0.4, -0.2) is 26.5 Å². The van der Waals surface area contributed by atoms with Gasteiger partial charge in [0.05, 0.1) is 5.60 Å². The SMILES string of the molecule is CC(C)(C)C1(O)CSC(O)(C(C)(C)C)C1. The zero-order chi connectivity index (χ0) is 12.1. The molecule has 0 amide bonds. The molecule has 1 aliphatic heterocycles. The highest BCUT2D eigenvalue weighted by atomic mass is 32.2. The van der Waals surface area contributed by atoms with E-state index in [-0.39, 0.29) is 10.8 Å². The van der Waals surface area contributed by atoms with Crippen LogP contribution in [0, 0.1) is 10.8 Å². The minimum absolute atomic E-state index is 0.185. The van der Waals surface area contributed by atoms with Gasteiger partial charge in [-0.3, -0.25) is 0 Å². The summed E-state index contributed by atoms with van der Waals surface area (Å²) in [5.41, 5.74) is -1.15. The summed E-state index contributed by atoms with van der Waals surface area (Å²) in [7, 11) is 0. The number of hydrogen-bond donors (Lipinski definition) is 2. The Bertz CT molecular complexity index is 225. The van der Waals surface area contributed by atoms with Gasteiger partial charge in [0, 0.05) is 17.6 Å². The summed E-state index contributed by atoms with van der Waals surface area (Å²) in [5.74, 6) is 0.615. The Hall–Kier alpha value is 0.270. The molecule has 0 aliphatic carbocycles. The molecule has 2 atom stereocenters. The van der Waals surface area contributed by atoms with Crippen LogP contribution in [-0.2, 0) is 0 Å². The average Bonchev–Trinajstić information content (AvgIpc) is 2.26. The van der Waals surface area contributed by atoms with Crippen molar-refractivity contribution in [3.8, 4) is 0 Å². The Kier molecular flexibility index (Phi) is 3.00.